The smallest absolute Gasteiger partial charge is 0.410 e. The third kappa shape index (κ3) is 6.91. The van der Waals surface area contributed by atoms with Crippen LogP contribution in [0.3, 0.4) is 0 Å². The van der Waals surface area contributed by atoms with Crippen LogP contribution in [0.2, 0.25) is 5.02 Å². The first-order valence-electron chi connectivity index (χ1n) is 12.6. The molecule has 3 aromatic rings. The number of aromatic nitrogens is 1. The number of anilines is 2. The highest BCUT2D eigenvalue weighted by molar-refractivity contribution is 7.93. The fraction of sp³-hybridized carbons (Fsp3) is 0.407. The molecular weight excluding hydrogens is 576 g/mol. The second-order valence-electron chi connectivity index (χ2n) is 10.2. The predicted octanol–water partition coefficient (Wildman–Crippen LogP) is 5.63. The number of hydrogen-bond acceptors (Lipinski definition) is 9. The molecule has 0 bridgehead atoms. The molecule has 2 heterocycles. The zero-order valence-corrected chi connectivity index (χ0v) is 25.4. The number of rotatable bonds is 9. The maximum absolute atomic E-state index is 13.9. The molecule has 4 rings (SSSR count). The first-order chi connectivity index (χ1) is 18.9. The Labute approximate surface area is 243 Å². The van der Waals surface area contributed by atoms with Crippen molar-refractivity contribution in [1.29, 1.82) is 0 Å². The molecule has 0 unspecified atom stereocenters. The quantitative estimate of drug-likeness (QED) is 0.333. The summed E-state index contributed by atoms with van der Waals surface area (Å²) >= 11 is 7.78. The first kappa shape index (κ1) is 29.8. The molecular formula is C27H33ClN4O6S2. The number of carbonyl (C=O) groups is 1. The van der Waals surface area contributed by atoms with Crippen molar-refractivity contribution in [2.24, 2.45) is 0 Å². The fourth-order valence-corrected chi connectivity index (χ4v) is 6.82. The van der Waals surface area contributed by atoms with Crippen LogP contribution in [0.4, 0.5) is 15.6 Å². The number of halogens is 1. The van der Waals surface area contributed by atoms with Crippen LogP contribution in [0.5, 0.6) is 11.5 Å². The summed E-state index contributed by atoms with van der Waals surface area (Å²) in [6.07, 6.45) is 1.90. The zero-order valence-electron chi connectivity index (χ0n) is 23.0. The number of amides is 1. The van der Waals surface area contributed by atoms with Crippen molar-refractivity contribution in [2.45, 2.75) is 50.3 Å². The number of methoxy groups -OCH3 is 2. The number of ether oxygens (including phenoxy) is 3. The van der Waals surface area contributed by atoms with Crippen LogP contribution in [-0.2, 0) is 21.3 Å². The van der Waals surface area contributed by atoms with Gasteiger partial charge in [0.25, 0.3) is 10.0 Å². The minimum Gasteiger partial charge on any atom is -0.497 e. The van der Waals surface area contributed by atoms with E-state index in [-0.39, 0.29) is 28.6 Å². The third-order valence-electron chi connectivity index (χ3n) is 6.17. The minimum absolute atomic E-state index is 0.0107. The average Bonchev–Trinajstić information content (AvgIpc) is 3.60. The Morgan fingerprint density at radius 2 is 1.98 bits per heavy atom. The molecule has 13 heteroatoms. The molecule has 1 saturated heterocycles. The van der Waals surface area contributed by atoms with Gasteiger partial charge < -0.3 is 24.4 Å². The second kappa shape index (κ2) is 12.1. The van der Waals surface area contributed by atoms with Crippen molar-refractivity contribution in [2.75, 3.05) is 36.9 Å². The molecule has 1 atom stereocenters. The topological polar surface area (TPSA) is 110 Å². The predicted molar refractivity (Wildman–Crippen MR) is 156 cm³/mol. The molecule has 2 aromatic carbocycles. The molecule has 0 spiro atoms. The van der Waals surface area contributed by atoms with Gasteiger partial charge in [0.1, 0.15) is 17.1 Å². The molecule has 216 valence electrons. The summed E-state index contributed by atoms with van der Waals surface area (Å²) in [4.78, 5) is 18.3. The summed E-state index contributed by atoms with van der Waals surface area (Å²) in [5.74, 6) is 1.08. The van der Waals surface area contributed by atoms with E-state index in [1.165, 1.54) is 34.9 Å². The van der Waals surface area contributed by atoms with Gasteiger partial charge in [-0.1, -0.05) is 11.6 Å². The summed E-state index contributed by atoms with van der Waals surface area (Å²) in [5.41, 5.74) is 0.648. The minimum atomic E-state index is -4.05. The molecule has 1 aromatic heterocycles. The van der Waals surface area contributed by atoms with Gasteiger partial charge in [0.05, 0.1) is 36.4 Å². The lowest BCUT2D eigenvalue weighted by Gasteiger charge is -2.25. The van der Waals surface area contributed by atoms with Gasteiger partial charge in [-0.3, -0.25) is 0 Å². The molecule has 0 saturated carbocycles. The van der Waals surface area contributed by atoms with Gasteiger partial charge in [0.2, 0.25) is 0 Å². The monoisotopic (exact) mass is 608 g/mol. The summed E-state index contributed by atoms with van der Waals surface area (Å²) in [5, 5.41) is 5.60. The average molecular weight is 609 g/mol. The van der Waals surface area contributed by atoms with Crippen molar-refractivity contribution >= 4 is 49.9 Å². The number of thiazole rings is 1. The maximum Gasteiger partial charge on any atom is 0.410 e. The van der Waals surface area contributed by atoms with Gasteiger partial charge in [-0.2, -0.15) is 0 Å². The van der Waals surface area contributed by atoms with Gasteiger partial charge in [-0.15, -0.1) is 11.3 Å². The number of sulfonamides is 1. The largest absolute Gasteiger partial charge is 0.497 e. The van der Waals surface area contributed by atoms with Crippen LogP contribution in [0.1, 0.15) is 32.8 Å². The molecule has 1 aliphatic rings. The molecule has 40 heavy (non-hydrogen) atoms. The highest BCUT2D eigenvalue weighted by atomic mass is 35.5. The van der Waals surface area contributed by atoms with Crippen molar-refractivity contribution in [3.63, 3.8) is 0 Å². The van der Waals surface area contributed by atoms with E-state index < -0.39 is 15.6 Å². The Hall–Kier alpha value is -3.22. The number of nitrogens with zero attached hydrogens (tertiary/aromatic N) is 3. The van der Waals surface area contributed by atoms with Crippen molar-refractivity contribution < 1.29 is 27.4 Å². The van der Waals surface area contributed by atoms with E-state index in [4.69, 9.17) is 25.8 Å². The molecule has 1 amide bonds. The van der Waals surface area contributed by atoms with Crippen molar-refractivity contribution in [1.82, 2.24) is 9.88 Å². The lowest BCUT2D eigenvalue weighted by atomic mass is 10.2. The number of hydrogen-bond donors (Lipinski definition) is 1. The van der Waals surface area contributed by atoms with E-state index in [2.05, 4.69) is 10.3 Å². The molecule has 0 radical (unpaired) electrons. The summed E-state index contributed by atoms with van der Waals surface area (Å²) in [6.45, 7) is 6.48. The number of likely N-dealkylation sites (tertiary alicyclic amines) is 1. The summed E-state index contributed by atoms with van der Waals surface area (Å²) in [6, 6.07) is 9.72. The Kier molecular flexibility index (Phi) is 9.01. The lowest BCUT2D eigenvalue weighted by molar-refractivity contribution is 0.0293. The second-order valence-corrected chi connectivity index (χ2v) is 13.3. The van der Waals surface area contributed by atoms with E-state index in [9.17, 15) is 13.2 Å². The molecule has 10 nitrogen and oxygen atoms in total. The highest BCUT2D eigenvalue weighted by Crippen LogP contribution is 2.34. The van der Waals surface area contributed by atoms with Crippen LogP contribution in [0, 0.1) is 0 Å². The summed E-state index contributed by atoms with van der Waals surface area (Å²) in [7, 11) is -0.989. The Bertz CT molecular complexity index is 1440. The SMILES string of the molecule is COc1ccc(CN(c2nccs2)S(=O)(=O)c2ccc(N[C@H]3CCN(C(=O)OC(C)(C)C)C3)c(Cl)c2)c(OC)c1. The van der Waals surface area contributed by atoms with Gasteiger partial charge in [0.15, 0.2) is 5.13 Å². The summed E-state index contributed by atoms with van der Waals surface area (Å²) < 4.78 is 45.2. The van der Waals surface area contributed by atoms with E-state index in [0.717, 1.165) is 0 Å². The van der Waals surface area contributed by atoms with Crippen LogP contribution in [0.25, 0.3) is 0 Å². The maximum atomic E-state index is 13.9. The Balaban J connectivity index is 1.54. The van der Waals surface area contributed by atoms with Gasteiger partial charge in [0, 0.05) is 42.3 Å². The van der Waals surface area contributed by atoms with Crippen LogP contribution in [0.15, 0.2) is 52.9 Å². The lowest BCUT2D eigenvalue weighted by Crippen LogP contribution is -2.36. The number of carbonyl (C=O) groups excluding carboxylic acids is 1. The van der Waals surface area contributed by atoms with Gasteiger partial charge >= 0.3 is 6.09 Å². The van der Waals surface area contributed by atoms with Gasteiger partial charge in [-0.25, -0.2) is 22.5 Å². The van der Waals surface area contributed by atoms with E-state index in [1.54, 1.807) is 47.9 Å². The Morgan fingerprint density at radius 3 is 2.60 bits per heavy atom. The standard InChI is InChI=1S/C27H33ClN4O6S2/c1-27(2,3)38-26(33)31-12-10-19(17-31)30-23-9-8-21(15-22(23)28)40(34,35)32(25-29-11-13-39-25)16-18-6-7-20(36-4)14-24(18)37-5/h6-9,11,13-15,19,30H,10,12,16-17H2,1-5H3/t19-/m0/s1. The Morgan fingerprint density at radius 1 is 1.20 bits per heavy atom. The fourth-order valence-electron chi connectivity index (χ4n) is 4.22. The van der Waals surface area contributed by atoms with E-state index in [0.29, 0.717) is 47.4 Å². The molecule has 1 aliphatic heterocycles. The first-order valence-corrected chi connectivity index (χ1v) is 15.3. The van der Waals surface area contributed by atoms with E-state index in [1.807, 2.05) is 20.8 Å². The zero-order chi connectivity index (χ0) is 29.1. The van der Waals surface area contributed by atoms with Gasteiger partial charge in [-0.05, 0) is 57.5 Å². The van der Waals surface area contributed by atoms with Crippen LogP contribution >= 0.6 is 22.9 Å². The molecule has 1 fully saturated rings. The normalized spacial score (nSPS) is 15.6. The third-order valence-corrected chi connectivity index (χ3v) is 9.12. The number of nitrogens with one attached hydrogen (secondary N) is 1. The van der Waals surface area contributed by atoms with Crippen molar-refractivity contribution in [3.05, 3.63) is 58.6 Å². The molecule has 1 N–H and O–H groups in total. The van der Waals surface area contributed by atoms with Crippen LogP contribution < -0.4 is 19.1 Å². The van der Waals surface area contributed by atoms with Crippen LogP contribution in [-0.4, -0.2) is 63.3 Å². The van der Waals surface area contributed by atoms with Crippen molar-refractivity contribution in [3.8, 4) is 11.5 Å². The highest BCUT2D eigenvalue weighted by Gasteiger charge is 2.31. The number of benzene rings is 2. The van der Waals surface area contributed by atoms with E-state index >= 15 is 0 Å². The molecule has 0 aliphatic carbocycles.